The van der Waals surface area contributed by atoms with Gasteiger partial charge in [0.25, 0.3) is 11.2 Å². The summed E-state index contributed by atoms with van der Waals surface area (Å²) in [5, 5.41) is 11.4. The smallest absolute Gasteiger partial charge is 0.288 e. The quantitative estimate of drug-likeness (QED) is 0.323. The average molecular weight is 414 g/mol. The van der Waals surface area contributed by atoms with E-state index in [-0.39, 0.29) is 33.6 Å². The van der Waals surface area contributed by atoms with Crippen LogP contribution in [0.15, 0.2) is 58.1 Å². The van der Waals surface area contributed by atoms with Crippen LogP contribution in [-0.2, 0) is 14.1 Å². The van der Waals surface area contributed by atoms with Crippen molar-refractivity contribution >= 4 is 22.5 Å². The van der Waals surface area contributed by atoms with Gasteiger partial charge in [0.1, 0.15) is 0 Å². The SMILES string of the molecule is Cn1c(=O)c2c(-c3cccc([N+](=O)[O-])c3)c3c(nc2n(C)c1=O)-c1ccccc1C3=O. The molecular weight excluding hydrogens is 400 g/mol. The van der Waals surface area contributed by atoms with E-state index >= 15 is 0 Å². The van der Waals surface area contributed by atoms with Crippen LogP contribution in [0.1, 0.15) is 15.9 Å². The van der Waals surface area contributed by atoms with Gasteiger partial charge in [-0.2, -0.15) is 0 Å². The zero-order valence-electron chi connectivity index (χ0n) is 16.4. The van der Waals surface area contributed by atoms with E-state index in [9.17, 15) is 24.5 Å². The minimum absolute atomic E-state index is 0.0602. The fraction of sp³-hybridized carbons (Fsp3) is 0.0909. The van der Waals surface area contributed by atoms with Crippen LogP contribution >= 0.6 is 0 Å². The average Bonchev–Trinajstić information content (AvgIpc) is 3.07. The number of pyridine rings is 1. The Kier molecular flexibility index (Phi) is 3.78. The zero-order valence-corrected chi connectivity index (χ0v) is 16.4. The lowest BCUT2D eigenvalue weighted by Gasteiger charge is -2.14. The van der Waals surface area contributed by atoms with Crippen LogP contribution in [0.3, 0.4) is 0 Å². The minimum atomic E-state index is -0.626. The second-order valence-corrected chi connectivity index (χ2v) is 7.30. The molecule has 9 nitrogen and oxygen atoms in total. The molecule has 2 heterocycles. The lowest BCUT2D eigenvalue weighted by atomic mass is 9.94. The van der Waals surface area contributed by atoms with Gasteiger partial charge < -0.3 is 0 Å². The normalized spacial score (nSPS) is 12.1. The second-order valence-electron chi connectivity index (χ2n) is 7.30. The van der Waals surface area contributed by atoms with Crippen LogP contribution < -0.4 is 11.2 Å². The number of aryl methyl sites for hydroxylation is 1. The van der Waals surface area contributed by atoms with Crippen LogP contribution in [0, 0.1) is 10.1 Å². The Hall–Kier alpha value is -4.40. The number of carbonyl (C=O) groups is 1. The molecule has 0 spiro atoms. The van der Waals surface area contributed by atoms with Gasteiger partial charge in [0.05, 0.1) is 21.6 Å². The molecule has 31 heavy (non-hydrogen) atoms. The maximum atomic E-state index is 13.3. The number of nitro groups is 1. The molecule has 9 heteroatoms. The van der Waals surface area contributed by atoms with E-state index in [4.69, 9.17) is 0 Å². The Balaban J connectivity index is 2.05. The fourth-order valence-corrected chi connectivity index (χ4v) is 4.09. The van der Waals surface area contributed by atoms with Crippen molar-refractivity contribution in [1.82, 2.24) is 14.1 Å². The van der Waals surface area contributed by atoms with E-state index in [0.29, 0.717) is 22.4 Å². The predicted molar refractivity (Wildman–Crippen MR) is 113 cm³/mol. The molecule has 0 unspecified atom stereocenters. The maximum Gasteiger partial charge on any atom is 0.332 e. The van der Waals surface area contributed by atoms with Crippen LogP contribution in [-0.4, -0.2) is 24.8 Å². The summed E-state index contributed by atoms with van der Waals surface area (Å²) >= 11 is 0. The van der Waals surface area contributed by atoms with Crippen LogP contribution in [0.5, 0.6) is 0 Å². The summed E-state index contributed by atoms with van der Waals surface area (Å²) < 4.78 is 2.17. The van der Waals surface area contributed by atoms with Crippen molar-refractivity contribution in [1.29, 1.82) is 0 Å². The van der Waals surface area contributed by atoms with Gasteiger partial charge in [-0.1, -0.05) is 36.4 Å². The standard InChI is InChI=1S/C22H14N4O5/c1-24-20-17(21(28)25(2)22(24)29)15(11-6-5-7-12(10-11)26(30)31)16-18(23-20)13-8-3-4-9-14(13)19(16)27/h3-10H,1-2H3. The molecule has 152 valence electrons. The molecule has 0 bridgehead atoms. The van der Waals surface area contributed by atoms with Gasteiger partial charge in [-0.3, -0.25) is 28.8 Å². The van der Waals surface area contributed by atoms with Gasteiger partial charge in [-0.25, -0.2) is 9.78 Å². The van der Waals surface area contributed by atoms with Gasteiger partial charge in [-0.05, 0) is 5.56 Å². The van der Waals surface area contributed by atoms with Crippen molar-refractivity contribution in [3.05, 3.63) is 90.6 Å². The van der Waals surface area contributed by atoms with Crippen LogP contribution in [0.4, 0.5) is 5.69 Å². The Morgan fingerprint density at radius 3 is 2.32 bits per heavy atom. The highest BCUT2D eigenvalue weighted by atomic mass is 16.6. The molecule has 0 radical (unpaired) electrons. The van der Waals surface area contributed by atoms with E-state index in [0.717, 1.165) is 4.57 Å². The third-order valence-electron chi connectivity index (χ3n) is 5.59. The minimum Gasteiger partial charge on any atom is -0.288 e. The number of aromatic nitrogens is 3. The monoisotopic (exact) mass is 414 g/mol. The summed E-state index contributed by atoms with van der Waals surface area (Å²) in [5.41, 5.74) is 0.863. The van der Waals surface area contributed by atoms with Gasteiger partial charge in [0.15, 0.2) is 11.4 Å². The van der Waals surface area contributed by atoms with Crippen molar-refractivity contribution in [2.75, 3.05) is 0 Å². The number of non-ortho nitro benzene ring substituents is 1. The summed E-state index contributed by atoms with van der Waals surface area (Å²) in [6.07, 6.45) is 0. The number of ketones is 1. The van der Waals surface area contributed by atoms with Crippen LogP contribution in [0.2, 0.25) is 0 Å². The first kappa shape index (κ1) is 18.6. The highest BCUT2D eigenvalue weighted by Gasteiger charge is 2.34. The lowest BCUT2D eigenvalue weighted by molar-refractivity contribution is -0.384. The van der Waals surface area contributed by atoms with Crippen LogP contribution in [0.25, 0.3) is 33.4 Å². The Morgan fingerprint density at radius 1 is 0.903 bits per heavy atom. The van der Waals surface area contributed by atoms with Crippen molar-refractivity contribution in [3.63, 3.8) is 0 Å². The molecule has 2 aromatic carbocycles. The van der Waals surface area contributed by atoms with Gasteiger partial charge in [0.2, 0.25) is 0 Å². The molecule has 0 saturated carbocycles. The third kappa shape index (κ3) is 2.43. The number of carbonyl (C=O) groups excluding carboxylic acids is 1. The first-order chi connectivity index (χ1) is 14.8. The van der Waals surface area contributed by atoms with Gasteiger partial charge in [0, 0.05) is 42.9 Å². The molecule has 0 atom stereocenters. The van der Waals surface area contributed by atoms with Crippen molar-refractivity contribution < 1.29 is 9.72 Å². The maximum absolute atomic E-state index is 13.3. The third-order valence-corrected chi connectivity index (χ3v) is 5.59. The largest absolute Gasteiger partial charge is 0.332 e. The zero-order chi connectivity index (χ0) is 22.0. The highest BCUT2D eigenvalue weighted by molar-refractivity contribution is 6.26. The first-order valence-corrected chi connectivity index (χ1v) is 9.34. The topological polar surface area (TPSA) is 117 Å². The van der Waals surface area contributed by atoms with E-state index < -0.39 is 16.2 Å². The second kappa shape index (κ2) is 6.30. The highest BCUT2D eigenvalue weighted by Crippen LogP contribution is 2.43. The van der Waals surface area contributed by atoms with E-state index in [1.54, 1.807) is 30.3 Å². The molecule has 0 fully saturated rings. The number of fused-ring (bicyclic) bond motifs is 4. The fourth-order valence-electron chi connectivity index (χ4n) is 4.09. The predicted octanol–water partition coefficient (Wildman–Crippen LogP) is 2.42. The number of benzene rings is 2. The molecule has 0 N–H and O–H groups in total. The summed E-state index contributed by atoms with van der Waals surface area (Å²) in [6, 6.07) is 12.6. The molecule has 0 aliphatic heterocycles. The molecular formula is C22H14N4O5. The Morgan fingerprint density at radius 2 is 1.61 bits per heavy atom. The summed E-state index contributed by atoms with van der Waals surface area (Å²) in [7, 11) is 2.83. The summed E-state index contributed by atoms with van der Waals surface area (Å²) in [4.78, 5) is 54.4. The first-order valence-electron chi connectivity index (χ1n) is 9.34. The van der Waals surface area contributed by atoms with Crippen molar-refractivity contribution in [2.24, 2.45) is 14.1 Å². The molecule has 0 amide bonds. The van der Waals surface area contributed by atoms with Gasteiger partial charge >= 0.3 is 5.69 Å². The summed E-state index contributed by atoms with van der Waals surface area (Å²) in [6.45, 7) is 0. The van der Waals surface area contributed by atoms with Gasteiger partial charge in [-0.15, -0.1) is 0 Å². The molecule has 2 aromatic heterocycles. The number of rotatable bonds is 2. The molecule has 1 aliphatic carbocycles. The molecule has 0 saturated heterocycles. The van der Waals surface area contributed by atoms with Crippen molar-refractivity contribution in [3.8, 4) is 22.4 Å². The van der Waals surface area contributed by atoms with E-state index in [1.807, 2.05) is 0 Å². The van der Waals surface area contributed by atoms with E-state index in [1.165, 1.54) is 36.9 Å². The number of nitrogens with zero attached hydrogens (tertiary/aromatic N) is 4. The number of hydrogen-bond acceptors (Lipinski definition) is 6. The molecule has 4 aromatic rings. The number of nitro benzene ring substituents is 1. The Labute approximate surface area is 174 Å². The van der Waals surface area contributed by atoms with E-state index in [2.05, 4.69) is 4.98 Å². The Bertz CT molecular complexity index is 1600. The lowest BCUT2D eigenvalue weighted by Crippen LogP contribution is -2.37. The summed E-state index contributed by atoms with van der Waals surface area (Å²) in [5.74, 6) is -0.322. The molecule has 1 aliphatic rings. The van der Waals surface area contributed by atoms with Crippen molar-refractivity contribution in [2.45, 2.75) is 0 Å². The number of hydrogen-bond donors (Lipinski definition) is 0. The molecule has 5 rings (SSSR count).